The molecule has 4 aromatic rings. The summed E-state index contributed by atoms with van der Waals surface area (Å²) in [5, 5.41) is 36.8. The molecule has 0 amide bonds. The predicted molar refractivity (Wildman–Crippen MR) is 108 cm³/mol. The molecule has 0 saturated heterocycles. The van der Waals surface area contributed by atoms with E-state index in [1.165, 1.54) is 36.4 Å². The highest BCUT2D eigenvalue weighted by molar-refractivity contribution is 6.33. The molecule has 0 unspecified atom stereocenters. The van der Waals surface area contributed by atoms with Crippen molar-refractivity contribution in [3.05, 3.63) is 75.8 Å². The van der Waals surface area contributed by atoms with Gasteiger partial charge in [0.05, 0.1) is 28.0 Å². The first-order chi connectivity index (χ1) is 15.4. The molecule has 2 aromatic carbocycles. The van der Waals surface area contributed by atoms with Crippen LogP contribution in [0.1, 0.15) is 11.3 Å². The highest BCUT2D eigenvalue weighted by Crippen LogP contribution is 2.45. The Hall–Kier alpha value is -2.96. The standard InChI is InChI=1S/C20H11Cl2F4N3O4/c21-9-3-1-4-10(7-9)29-18(19(24,25)26)11(8-27-29)17-15(20(30,31)32)16(28-33-17)14-12(22)5-2-6-13(14)23/h1-8,30-32H. The minimum Gasteiger partial charge on any atom is -0.355 e. The molecule has 0 aliphatic carbocycles. The van der Waals surface area contributed by atoms with Crippen molar-refractivity contribution in [2.45, 2.75) is 12.1 Å². The summed E-state index contributed by atoms with van der Waals surface area (Å²) in [7, 11) is 0. The summed E-state index contributed by atoms with van der Waals surface area (Å²) < 4.78 is 62.1. The van der Waals surface area contributed by atoms with Gasteiger partial charge in [0.1, 0.15) is 17.1 Å². The van der Waals surface area contributed by atoms with Crippen LogP contribution >= 0.6 is 23.2 Å². The van der Waals surface area contributed by atoms with Crippen molar-refractivity contribution in [3.63, 3.8) is 0 Å². The average Bonchev–Trinajstić information content (AvgIpc) is 3.32. The van der Waals surface area contributed by atoms with Gasteiger partial charge in [-0.3, -0.25) is 0 Å². The third-order valence-corrected chi connectivity index (χ3v) is 5.11. The number of alkyl halides is 3. The monoisotopic (exact) mass is 503 g/mol. The fourth-order valence-corrected chi connectivity index (χ4v) is 3.71. The van der Waals surface area contributed by atoms with E-state index in [0.717, 1.165) is 6.07 Å². The second-order valence-electron chi connectivity index (χ2n) is 6.76. The van der Waals surface area contributed by atoms with Gasteiger partial charge in [-0.25, -0.2) is 9.07 Å². The van der Waals surface area contributed by atoms with Crippen LogP contribution in [-0.2, 0) is 12.1 Å². The van der Waals surface area contributed by atoms with Crippen LogP contribution in [0.25, 0.3) is 28.3 Å². The Morgan fingerprint density at radius 3 is 2.30 bits per heavy atom. The number of aliphatic hydroxyl groups is 3. The van der Waals surface area contributed by atoms with Crippen molar-refractivity contribution < 1.29 is 37.4 Å². The molecule has 13 heteroatoms. The van der Waals surface area contributed by atoms with E-state index in [1.54, 1.807) is 0 Å². The van der Waals surface area contributed by atoms with Gasteiger partial charge >= 0.3 is 12.1 Å². The van der Waals surface area contributed by atoms with Gasteiger partial charge in [0.15, 0.2) is 11.5 Å². The SMILES string of the molecule is OC(O)(O)c1c(-c2c(F)cccc2Cl)noc1-c1cnn(-c2cccc(Cl)c2)c1C(F)(F)F. The Morgan fingerprint density at radius 2 is 1.70 bits per heavy atom. The molecule has 0 saturated carbocycles. The maximum Gasteiger partial charge on any atom is 0.434 e. The molecule has 33 heavy (non-hydrogen) atoms. The number of rotatable bonds is 4. The summed E-state index contributed by atoms with van der Waals surface area (Å²) in [6.07, 6.45) is -4.33. The van der Waals surface area contributed by atoms with E-state index in [2.05, 4.69) is 10.3 Å². The molecule has 0 radical (unpaired) electrons. The third-order valence-electron chi connectivity index (χ3n) is 4.56. The molecule has 0 bridgehead atoms. The molecular weight excluding hydrogens is 493 g/mol. The smallest absolute Gasteiger partial charge is 0.355 e. The van der Waals surface area contributed by atoms with Crippen LogP contribution in [0.15, 0.2) is 53.2 Å². The van der Waals surface area contributed by atoms with Crippen LogP contribution in [0.3, 0.4) is 0 Å². The molecule has 7 nitrogen and oxygen atoms in total. The molecule has 2 aromatic heterocycles. The minimum absolute atomic E-state index is 0.0669. The number of aromatic nitrogens is 3. The van der Waals surface area contributed by atoms with Gasteiger partial charge < -0.3 is 19.8 Å². The second-order valence-corrected chi connectivity index (χ2v) is 7.61. The Balaban J connectivity index is 2.02. The molecular formula is C20H11Cl2F4N3O4. The van der Waals surface area contributed by atoms with E-state index >= 15 is 0 Å². The van der Waals surface area contributed by atoms with Gasteiger partial charge in [0.2, 0.25) is 0 Å². The van der Waals surface area contributed by atoms with Crippen LogP contribution in [0.5, 0.6) is 0 Å². The predicted octanol–water partition coefficient (Wildman–Crippen LogP) is 4.75. The van der Waals surface area contributed by atoms with Gasteiger partial charge in [0, 0.05) is 5.02 Å². The first kappa shape index (κ1) is 23.2. The van der Waals surface area contributed by atoms with E-state index in [9.17, 15) is 32.9 Å². The number of nitrogens with zero attached hydrogens (tertiary/aromatic N) is 3. The van der Waals surface area contributed by atoms with Crippen molar-refractivity contribution in [2.75, 3.05) is 0 Å². The quantitative estimate of drug-likeness (QED) is 0.274. The van der Waals surface area contributed by atoms with Crippen LogP contribution < -0.4 is 0 Å². The zero-order valence-electron chi connectivity index (χ0n) is 16.0. The van der Waals surface area contributed by atoms with Crippen LogP contribution in [0.4, 0.5) is 17.6 Å². The van der Waals surface area contributed by atoms with Gasteiger partial charge in [-0.15, -0.1) is 0 Å². The van der Waals surface area contributed by atoms with E-state index in [-0.39, 0.29) is 15.7 Å². The Morgan fingerprint density at radius 1 is 1.00 bits per heavy atom. The fourth-order valence-electron chi connectivity index (χ4n) is 3.27. The summed E-state index contributed by atoms with van der Waals surface area (Å²) in [5.74, 6) is -5.70. The van der Waals surface area contributed by atoms with Crippen LogP contribution in [0.2, 0.25) is 10.0 Å². The molecule has 4 rings (SSSR count). The van der Waals surface area contributed by atoms with Gasteiger partial charge in [-0.05, 0) is 30.3 Å². The molecule has 0 aliphatic heterocycles. The second kappa shape index (κ2) is 8.12. The summed E-state index contributed by atoms with van der Waals surface area (Å²) in [4.78, 5) is 0. The number of hydrogen-bond acceptors (Lipinski definition) is 6. The van der Waals surface area contributed by atoms with E-state index in [1.807, 2.05) is 0 Å². The molecule has 2 heterocycles. The first-order valence-corrected chi connectivity index (χ1v) is 9.68. The molecule has 172 valence electrons. The van der Waals surface area contributed by atoms with E-state index < -0.39 is 51.8 Å². The van der Waals surface area contributed by atoms with Crippen molar-refractivity contribution in [1.82, 2.24) is 14.9 Å². The Kier molecular flexibility index (Phi) is 5.71. The number of hydrogen-bond donors (Lipinski definition) is 3. The molecule has 3 N–H and O–H groups in total. The number of benzene rings is 2. The molecule has 0 fully saturated rings. The van der Waals surface area contributed by atoms with Crippen molar-refractivity contribution in [2.24, 2.45) is 0 Å². The molecule has 0 aliphatic rings. The van der Waals surface area contributed by atoms with E-state index in [4.69, 9.17) is 27.7 Å². The lowest BCUT2D eigenvalue weighted by molar-refractivity contribution is -0.323. The van der Waals surface area contributed by atoms with Gasteiger partial charge in [-0.2, -0.15) is 18.3 Å². The minimum atomic E-state index is -5.04. The maximum atomic E-state index is 14.4. The summed E-state index contributed by atoms with van der Waals surface area (Å²) in [6.45, 7) is 0. The Labute approximate surface area is 192 Å². The van der Waals surface area contributed by atoms with Gasteiger partial charge in [-0.1, -0.05) is 40.5 Å². The number of halogens is 6. The highest BCUT2D eigenvalue weighted by Gasteiger charge is 2.44. The molecule has 0 spiro atoms. The summed E-state index contributed by atoms with van der Waals surface area (Å²) in [6, 6.07) is 8.78. The summed E-state index contributed by atoms with van der Waals surface area (Å²) >= 11 is 11.8. The lowest BCUT2D eigenvalue weighted by Crippen LogP contribution is -2.25. The lowest BCUT2D eigenvalue weighted by atomic mass is 10.00. The summed E-state index contributed by atoms with van der Waals surface area (Å²) in [5.41, 5.74) is -4.60. The fraction of sp³-hybridized carbons (Fsp3) is 0.100. The van der Waals surface area contributed by atoms with Crippen molar-refractivity contribution in [3.8, 4) is 28.3 Å². The lowest BCUT2D eigenvalue weighted by Gasteiger charge is -2.17. The topological polar surface area (TPSA) is 105 Å². The zero-order chi connectivity index (χ0) is 24.1. The first-order valence-electron chi connectivity index (χ1n) is 8.92. The van der Waals surface area contributed by atoms with Crippen LogP contribution in [-0.4, -0.2) is 30.3 Å². The van der Waals surface area contributed by atoms with Gasteiger partial charge in [0.25, 0.3) is 0 Å². The normalized spacial score (nSPS) is 12.4. The Bertz CT molecular complexity index is 1330. The highest BCUT2D eigenvalue weighted by atomic mass is 35.5. The zero-order valence-corrected chi connectivity index (χ0v) is 17.5. The van der Waals surface area contributed by atoms with Crippen molar-refractivity contribution in [1.29, 1.82) is 0 Å². The van der Waals surface area contributed by atoms with E-state index in [0.29, 0.717) is 10.9 Å². The maximum absolute atomic E-state index is 14.4. The molecule has 0 atom stereocenters. The van der Waals surface area contributed by atoms with Crippen LogP contribution in [0, 0.1) is 5.82 Å². The van der Waals surface area contributed by atoms with Crippen molar-refractivity contribution >= 4 is 23.2 Å². The average molecular weight is 504 g/mol. The largest absolute Gasteiger partial charge is 0.434 e. The third kappa shape index (κ3) is 4.21.